The Morgan fingerprint density at radius 3 is 2.33 bits per heavy atom. The van der Waals surface area contributed by atoms with Crippen molar-refractivity contribution in [2.24, 2.45) is 0 Å². The Morgan fingerprint density at radius 1 is 1.10 bits per heavy atom. The molecule has 1 aliphatic carbocycles. The lowest BCUT2D eigenvalue weighted by Gasteiger charge is -2.14. The van der Waals surface area contributed by atoms with Crippen molar-refractivity contribution in [1.29, 1.82) is 0 Å². The Hall–Kier alpha value is -3.31. The molecule has 2 aromatic carbocycles. The van der Waals surface area contributed by atoms with Gasteiger partial charge in [-0.15, -0.1) is 11.3 Å². The van der Waals surface area contributed by atoms with E-state index in [2.05, 4.69) is 22.1 Å². The van der Waals surface area contributed by atoms with Gasteiger partial charge >= 0.3 is 12.3 Å². The predicted molar refractivity (Wildman–Crippen MR) is 107 cm³/mol. The fourth-order valence-electron chi connectivity index (χ4n) is 3.35. The number of halogens is 3. The third-order valence-electron chi connectivity index (χ3n) is 4.65. The number of hydrogen-bond donors (Lipinski definition) is 1. The number of carbonyl (C=O) groups excluding carboxylic acids is 1. The van der Waals surface area contributed by atoms with Crippen molar-refractivity contribution >= 4 is 17.4 Å². The number of alkyl halides is 3. The molecule has 0 spiro atoms. The number of nitrogens with one attached hydrogen (secondary N) is 1. The summed E-state index contributed by atoms with van der Waals surface area (Å²) in [6.45, 7) is 0.117. The molecule has 0 saturated carbocycles. The van der Waals surface area contributed by atoms with Crippen molar-refractivity contribution in [3.05, 3.63) is 75.7 Å². The summed E-state index contributed by atoms with van der Waals surface area (Å²) in [5.74, 6) is 5.03. The average Bonchev–Trinajstić information content (AvgIpc) is 3.33. The van der Waals surface area contributed by atoms with E-state index in [1.807, 2.05) is 48.5 Å². The van der Waals surface area contributed by atoms with Gasteiger partial charge in [-0.25, -0.2) is 9.78 Å². The first kappa shape index (κ1) is 20.0. The van der Waals surface area contributed by atoms with E-state index in [4.69, 9.17) is 4.74 Å². The highest BCUT2D eigenvalue weighted by molar-refractivity contribution is 7.10. The maximum absolute atomic E-state index is 12.5. The predicted octanol–water partition coefficient (Wildman–Crippen LogP) is 5.05. The number of fused-ring (bicyclic) bond motifs is 3. The minimum absolute atomic E-state index is 0.0386. The first-order valence-corrected chi connectivity index (χ1v) is 9.92. The van der Waals surface area contributed by atoms with Crippen molar-refractivity contribution in [2.45, 2.75) is 12.1 Å². The second kappa shape index (κ2) is 8.20. The van der Waals surface area contributed by atoms with E-state index in [0.717, 1.165) is 39.0 Å². The molecule has 0 radical (unpaired) electrons. The summed E-state index contributed by atoms with van der Waals surface area (Å²) in [4.78, 5) is 15.4. The molecule has 30 heavy (non-hydrogen) atoms. The number of hydrogen-bond acceptors (Lipinski definition) is 4. The van der Waals surface area contributed by atoms with Crippen molar-refractivity contribution < 1.29 is 22.7 Å². The van der Waals surface area contributed by atoms with Crippen LogP contribution in [0.4, 0.5) is 18.0 Å². The van der Waals surface area contributed by atoms with Gasteiger partial charge in [0.1, 0.15) is 6.61 Å². The summed E-state index contributed by atoms with van der Waals surface area (Å²) >= 11 is 0.801. The van der Waals surface area contributed by atoms with Gasteiger partial charge in [-0.05, 0) is 28.2 Å². The Bertz CT molecular complexity index is 1100. The molecule has 1 amide bonds. The first-order chi connectivity index (χ1) is 14.4. The molecule has 1 aliphatic rings. The van der Waals surface area contributed by atoms with Crippen molar-refractivity contribution in [2.75, 3.05) is 13.2 Å². The third-order valence-corrected chi connectivity index (χ3v) is 5.41. The maximum atomic E-state index is 12.5. The third kappa shape index (κ3) is 4.16. The molecule has 1 aromatic heterocycles. The summed E-state index contributed by atoms with van der Waals surface area (Å²) in [5.41, 5.74) is 3.51. The van der Waals surface area contributed by atoms with Crippen LogP contribution in [-0.2, 0) is 10.9 Å². The highest BCUT2D eigenvalue weighted by Crippen LogP contribution is 2.44. The highest BCUT2D eigenvalue weighted by Gasteiger charge is 2.33. The summed E-state index contributed by atoms with van der Waals surface area (Å²) < 4.78 is 42.9. The van der Waals surface area contributed by atoms with Gasteiger partial charge in [0.2, 0.25) is 0 Å². The van der Waals surface area contributed by atoms with Gasteiger partial charge in [0.15, 0.2) is 10.7 Å². The van der Waals surface area contributed by atoms with Crippen LogP contribution in [0.15, 0.2) is 53.9 Å². The van der Waals surface area contributed by atoms with Crippen LogP contribution in [0.25, 0.3) is 11.1 Å². The second-order valence-corrected chi connectivity index (χ2v) is 7.37. The molecule has 0 aliphatic heterocycles. The summed E-state index contributed by atoms with van der Waals surface area (Å²) in [6.07, 6.45) is -5.13. The zero-order valence-corrected chi connectivity index (χ0v) is 16.3. The number of nitrogens with zero attached hydrogens (tertiary/aromatic N) is 1. The molecule has 4 rings (SSSR count). The van der Waals surface area contributed by atoms with Crippen LogP contribution in [0.5, 0.6) is 0 Å². The maximum Gasteiger partial charge on any atom is 0.434 e. The molecule has 1 N–H and O–H groups in total. The minimum Gasteiger partial charge on any atom is -0.449 e. The van der Waals surface area contributed by atoms with E-state index in [1.54, 1.807) is 0 Å². The Balaban J connectivity index is 1.33. The van der Waals surface area contributed by atoms with Crippen LogP contribution >= 0.6 is 11.3 Å². The fraction of sp³-hybridized carbons (Fsp3) is 0.182. The van der Waals surface area contributed by atoms with Gasteiger partial charge in [0, 0.05) is 11.3 Å². The molecule has 8 heteroatoms. The zero-order chi connectivity index (χ0) is 21.1. The first-order valence-electron chi connectivity index (χ1n) is 9.04. The molecule has 0 unspecified atom stereocenters. The molecule has 152 valence electrons. The summed E-state index contributed by atoms with van der Waals surface area (Å²) in [5, 5.41) is 3.43. The number of thiazole rings is 1. The Labute approximate surface area is 174 Å². The second-order valence-electron chi connectivity index (χ2n) is 6.52. The van der Waals surface area contributed by atoms with Gasteiger partial charge in [0.05, 0.1) is 6.54 Å². The quantitative estimate of drug-likeness (QED) is 0.594. The number of rotatable bonds is 3. The van der Waals surface area contributed by atoms with E-state index in [1.165, 1.54) is 0 Å². The van der Waals surface area contributed by atoms with E-state index in [9.17, 15) is 18.0 Å². The standard InChI is InChI=1S/C22H15F3N2O2S/c23-22(24,25)19-13-30-20(27-19)10-5-11-26-21(28)29-12-18-16-8-3-1-6-14(16)15-7-2-4-9-17(15)18/h1-4,6-9,13,18H,11-12H2,(H,26,28). The zero-order valence-electron chi connectivity index (χ0n) is 15.5. The normalized spacial score (nSPS) is 12.5. The number of amides is 1. The smallest absolute Gasteiger partial charge is 0.434 e. The van der Waals surface area contributed by atoms with Gasteiger partial charge in [0.25, 0.3) is 0 Å². The largest absolute Gasteiger partial charge is 0.449 e. The van der Waals surface area contributed by atoms with Gasteiger partial charge in [-0.2, -0.15) is 13.2 Å². The van der Waals surface area contributed by atoms with Crippen LogP contribution in [0.1, 0.15) is 27.7 Å². The number of carbonyl (C=O) groups is 1. The molecule has 1 heterocycles. The van der Waals surface area contributed by atoms with Crippen LogP contribution in [0.2, 0.25) is 0 Å². The van der Waals surface area contributed by atoms with E-state index >= 15 is 0 Å². The highest BCUT2D eigenvalue weighted by atomic mass is 32.1. The van der Waals surface area contributed by atoms with Crippen molar-refractivity contribution in [3.63, 3.8) is 0 Å². The van der Waals surface area contributed by atoms with Gasteiger partial charge in [-0.1, -0.05) is 54.5 Å². The van der Waals surface area contributed by atoms with Crippen LogP contribution < -0.4 is 5.32 Å². The summed E-state index contributed by atoms with van der Waals surface area (Å²) in [6, 6.07) is 16.0. The van der Waals surface area contributed by atoms with Crippen molar-refractivity contribution in [1.82, 2.24) is 10.3 Å². The number of ether oxygens (including phenoxy) is 1. The van der Waals surface area contributed by atoms with Crippen LogP contribution in [0.3, 0.4) is 0 Å². The topological polar surface area (TPSA) is 51.2 Å². The monoisotopic (exact) mass is 428 g/mol. The Morgan fingerprint density at radius 2 is 1.73 bits per heavy atom. The molecule has 0 saturated heterocycles. The average molecular weight is 428 g/mol. The lowest BCUT2D eigenvalue weighted by atomic mass is 9.98. The minimum atomic E-state index is -4.49. The Kier molecular flexibility index (Phi) is 5.46. The molecule has 0 atom stereocenters. The van der Waals surface area contributed by atoms with Crippen LogP contribution in [0, 0.1) is 11.8 Å². The number of benzene rings is 2. The molecule has 3 aromatic rings. The van der Waals surface area contributed by atoms with E-state index in [-0.39, 0.29) is 24.1 Å². The molecule has 0 bridgehead atoms. The summed E-state index contributed by atoms with van der Waals surface area (Å²) in [7, 11) is 0. The molecule has 0 fully saturated rings. The van der Waals surface area contributed by atoms with Gasteiger partial charge in [-0.3, -0.25) is 0 Å². The van der Waals surface area contributed by atoms with Crippen molar-refractivity contribution in [3.8, 4) is 23.0 Å². The van der Waals surface area contributed by atoms with Gasteiger partial charge < -0.3 is 10.1 Å². The number of alkyl carbamates (subject to hydrolysis) is 1. The fourth-order valence-corrected chi connectivity index (χ4v) is 4.04. The molecular formula is C22H15F3N2O2S. The molecular weight excluding hydrogens is 413 g/mol. The molecule has 4 nitrogen and oxygen atoms in total. The lowest BCUT2D eigenvalue weighted by molar-refractivity contribution is -0.140. The van der Waals surface area contributed by atoms with E-state index in [0.29, 0.717) is 0 Å². The van der Waals surface area contributed by atoms with Crippen LogP contribution in [-0.4, -0.2) is 24.2 Å². The lowest BCUT2D eigenvalue weighted by Crippen LogP contribution is -2.26. The SMILES string of the molecule is O=C(NCC#Cc1nc(C(F)(F)F)cs1)OCC1c2ccccc2-c2ccccc21. The van der Waals surface area contributed by atoms with E-state index < -0.39 is 18.0 Å². The number of aromatic nitrogens is 1.